The molecule has 5 nitrogen and oxygen atoms in total. The fourth-order valence-corrected chi connectivity index (χ4v) is 3.46. The van der Waals surface area contributed by atoms with Crippen LogP contribution in [0.3, 0.4) is 0 Å². The van der Waals surface area contributed by atoms with E-state index in [2.05, 4.69) is 15.0 Å². The molecule has 20 heavy (non-hydrogen) atoms. The molecule has 2 rings (SSSR count). The van der Waals surface area contributed by atoms with Crippen LogP contribution in [0.1, 0.15) is 16.8 Å². The molecule has 1 heterocycles. The average Bonchev–Trinajstić information content (AvgIpc) is 2.90. The van der Waals surface area contributed by atoms with Gasteiger partial charge in [0.15, 0.2) is 0 Å². The van der Waals surface area contributed by atoms with Crippen molar-refractivity contribution >= 4 is 21.4 Å². The molecule has 0 radical (unpaired) electrons. The van der Waals surface area contributed by atoms with Crippen LogP contribution in [0.15, 0.2) is 35.2 Å². The van der Waals surface area contributed by atoms with Crippen molar-refractivity contribution < 1.29 is 8.42 Å². The Hall–Kier alpha value is -1.28. The Morgan fingerprint density at radius 3 is 2.75 bits per heavy atom. The molecule has 108 valence electrons. The Balaban J connectivity index is 1.98. The number of hydrogen-bond donors (Lipinski definition) is 2. The van der Waals surface area contributed by atoms with Crippen molar-refractivity contribution in [2.24, 2.45) is 0 Å². The molecule has 0 saturated carbocycles. The van der Waals surface area contributed by atoms with E-state index in [9.17, 15) is 8.42 Å². The smallest absolute Gasteiger partial charge is 0.216 e. The van der Waals surface area contributed by atoms with Gasteiger partial charge in [0.1, 0.15) is 0 Å². The SMILES string of the molecule is CNCc1cccc(CS(=O)(=O)NCc2cscn2)c1. The molecule has 0 aliphatic rings. The Kier molecular flexibility index (Phi) is 5.24. The molecule has 0 unspecified atom stereocenters. The zero-order chi connectivity index (χ0) is 14.4. The van der Waals surface area contributed by atoms with Gasteiger partial charge in [0.25, 0.3) is 0 Å². The molecule has 0 saturated heterocycles. The first-order chi connectivity index (χ1) is 9.59. The predicted molar refractivity (Wildman–Crippen MR) is 80.8 cm³/mol. The van der Waals surface area contributed by atoms with E-state index in [-0.39, 0.29) is 12.3 Å². The maximum atomic E-state index is 12.0. The van der Waals surface area contributed by atoms with E-state index < -0.39 is 10.0 Å². The van der Waals surface area contributed by atoms with Gasteiger partial charge in [0.2, 0.25) is 10.0 Å². The summed E-state index contributed by atoms with van der Waals surface area (Å²) in [5, 5.41) is 4.87. The van der Waals surface area contributed by atoms with Crippen LogP contribution >= 0.6 is 11.3 Å². The number of nitrogens with one attached hydrogen (secondary N) is 2. The minimum atomic E-state index is -3.35. The Bertz CT molecular complexity index is 639. The zero-order valence-corrected chi connectivity index (χ0v) is 12.8. The number of aromatic nitrogens is 1. The predicted octanol–water partition coefficient (Wildman–Crippen LogP) is 1.48. The van der Waals surface area contributed by atoms with Gasteiger partial charge in [0.05, 0.1) is 23.5 Å². The fraction of sp³-hybridized carbons (Fsp3) is 0.308. The summed E-state index contributed by atoms with van der Waals surface area (Å²) < 4.78 is 26.6. The van der Waals surface area contributed by atoms with Crippen LogP contribution in [0.4, 0.5) is 0 Å². The molecule has 1 aromatic carbocycles. The summed E-state index contributed by atoms with van der Waals surface area (Å²) in [5.41, 5.74) is 4.27. The summed E-state index contributed by atoms with van der Waals surface area (Å²) in [6, 6.07) is 7.56. The molecule has 7 heteroatoms. The van der Waals surface area contributed by atoms with Crippen molar-refractivity contribution in [3.05, 3.63) is 52.0 Å². The number of benzene rings is 1. The molecular weight excluding hydrogens is 294 g/mol. The first-order valence-corrected chi connectivity index (χ1v) is 8.75. The van der Waals surface area contributed by atoms with Crippen molar-refractivity contribution in [3.8, 4) is 0 Å². The number of rotatable bonds is 7. The number of hydrogen-bond acceptors (Lipinski definition) is 5. The fourth-order valence-electron chi connectivity index (χ4n) is 1.81. The van der Waals surface area contributed by atoms with Crippen LogP contribution in [0, 0.1) is 0 Å². The lowest BCUT2D eigenvalue weighted by atomic mass is 10.1. The van der Waals surface area contributed by atoms with Crippen LogP contribution in [0.5, 0.6) is 0 Å². The summed E-state index contributed by atoms with van der Waals surface area (Å²) in [6.45, 7) is 0.960. The highest BCUT2D eigenvalue weighted by molar-refractivity contribution is 7.88. The summed E-state index contributed by atoms with van der Waals surface area (Å²) in [6.07, 6.45) is 0. The molecule has 2 aromatic rings. The number of sulfonamides is 1. The third-order valence-electron chi connectivity index (χ3n) is 2.69. The number of thiazole rings is 1. The molecule has 1 aromatic heterocycles. The minimum absolute atomic E-state index is 0.0192. The molecule has 0 bridgehead atoms. The quantitative estimate of drug-likeness (QED) is 0.812. The van der Waals surface area contributed by atoms with Gasteiger partial charge in [-0.1, -0.05) is 24.3 Å². The van der Waals surface area contributed by atoms with E-state index >= 15 is 0 Å². The van der Waals surface area contributed by atoms with Gasteiger partial charge in [-0.15, -0.1) is 11.3 Å². The highest BCUT2D eigenvalue weighted by atomic mass is 32.2. The Labute approximate surface area is 123 Å². The molecular formula is C13H17N3O2S2. The van der Waals surface area contributed by atoms with Crippen molar-refractivity contribution in [2.45, 2.75) is 18.8 Å². The Morgan fingerprint density at radius 1 is 1.25 bits per heavy atom. The van der Waals surface area contributed by atoms with E-state index in [0.29, 0.717) is 0 Å². The van der Waals surface area contributed by atoms with E-state index in [1.165, 1.54) is 11.3 Å². The second-order valence-corrected chi connectivity index (χ2v) is 6.94. The molecule has 0 aliphatic heterocycles. The van der Waals surface area contributed by atoms with Gasteiger partial charge < -0.3 is 5.32 Å². The van der Waals surface area contributed by atoms with Gasteiger partial charge >= 0.3 is 0 Å². The van der Waals surface area contributed by atoms with Crippen LogP contribution in [-0.4, -0.2) is 20.4 Å². The zero-order valence-electron chi connectivity index (χ0n) is 11.2. The first-order valence-electron chi connectivity index (χ1n) is 6.16. The van der Waals surface area contributed by atoms with Gasteiger partial charge in [0, 0.05) is 11.9 Å². The third kappa shape index (κ3) is 4.68. The van der Waals surface area contributed by atoms with Gasteiger partial charge in [-0.25, -0.2) is 18.1 Å². The normalized spacial score (nSPS) is 11.7. The van der Waals surface area contributed by atoms with Crippen LogP contribution in [-0.2, 0) is 28.9 Å². The third-order valence-corrected chi connectivity index (χ3v) is 4.62. The standard InChI is InChI=1S/C13H17N3O2S2/c1-14-6-11-3-2-4-12(5-11)9-20(17,18)16-7-13-8-19-10-15-13/h2-5,8,10,14,16H,6-7,9H2,1H3. The number of nitrogens with zero attached hydrogens (tertiary/aromatic N) is 1. The lowest BCUT2D eigenvalue weighted by molar-refractivity contribution is 0.579. The molecule has 0 amide bonds. The van der Waals surface area contributed by atoms with Crippen molar-refractivity contribution in [1.29, 1.82) is 0 Å². The van der Waals surface area contributed by atoms with Crippen molar-refractivity contribution in [3.63, 3.8) is 0 Å². The largest absolute Gasteiger partial charge is 0.316 e. The summed E-state index contributed by atoms with van der Waals surface area (Å²) >= 11 is 1.45. The highest BCUT2D eigenvalue weighted by Crippen LogP contribution is 2.09. The minimum Gasteiger partial charge on any atom is -0.316 e. The van der Waals surface area contributed by atoms with Gasteiger partial charge in [-0.3, -0.25) is 0 Å². The first kappa shape index (κ1) is 15.1. The second-order valence-electron chi connectivity index (χ2n) is 4.41. The van der Waals surface area contributed by atoms with Crippen molar-refractivity contribution in [1.82, 2.24) is 15.0 Å². The maximum absolute atomic E-state index is 12.0. The maximum Gasteiger partial charge on any atom is 0.216 e. The monoisotopic (exact) mass is 311 g/mol. The highest BCUT2D eigenvalue weighted by Gasteiger charge is 2.12. The van der Waals surface area contributed by atoms with E-state index in [4.69, 9.17) is 0 Å². The van der Waals surface area contributed by atoms with E-state index in [0.717, 1.165) is 23.4 Å². The van der Waals surface area contributed by atoms with Crippen LogP contribution in [0.25, 0.3) is 0 Å². The summed E-state index contributed by atoms with van der Waals surface area (Å²) in [5.74, 6) is -0.0192. The summed E-state index contributed by atoms with van der Waals surface area (Å²) in [7, 11) is -1.49. The molecule has 0 fully saturated rings. The van der Waals surface area contributed by atoms with Crippen LogP contribution < -0.4 is 10.0 Å². The van der Waals surface area contributed by atoms with Crippen LogP contribution in [0.2, 0.25) is 0 Å². The second kappa shape index (κ2) is 6.94. The summed E-state index contributed by atoms with van der Waals surface area (Å²) in [4.78, 5) is 4.05. The molecule has 0 spiro atoms. The molecule has 0 aliphatic carbocycles. The van der Waals surface area contributed by atoms with Gasteiger partial charge in [-0.2, -0.15) is 0 Å². The lowest BCUT2D eigenvalue weighted by Crippen LogP contribution is -2.24. The Morgan fingerprint density at radius 2 is 2.05 bits per heavy atom. The molecule has 0 atom stereocenters. The van der Waals surface area contributed by atoms with Gasteiger partial charge in [-0.05, 0) is 18.2 Å². The lowest BCUT2D eigenvalue weighted by Gasteiger charge is -2.07. The van der Waals surface area contributed by atoms with E-state index in [1.54, 1.807) is 5.51 Å². The topological polar surface area (TPSA) is 71.1 Å². The molecule has 2 N–H and O–H groups in total. The van der Waals surface area contributed by atoms with E-state index in [1.807, 2.05) is 36.7 Å². The average molecular weight is 311 g/mol. The van der Waals surface area contributed by atoms with Crippen molar-refractivity contribution in [2.75, 3.05) is 7.05 Å².